The SMILES string of the molecule is O=C(O)CSc1nnc(C2CCCCC2)n1/N=C/c1c(O)ccc2ccccc12. The Kier molecular flexibility index (Phi) is 5.80. The molecule has 8 heteroatoms. The van der Waals surface area contributed by atoms with Gasteiger partial charge in [0.15, 0.2) is 5.82 Å². The quantitative estimate of drug-likeness (QED) is 0.466. The molecule has 0 atom stereocenters. The van der Waals surface area contributed by atoms with E-state index in [1.807, 2.05) is 30.3 Å². The highest BCUT2D eigenvalue weighted by atomic mass is 32.2. The first-order valence-corrected chi connectivity index (χ1v) is 10.7. The van der Waals surface area contributed by atoms with Crippen LogP contribution in [0.4, 0.5) is 0 Å². The van der Waals surface area contributed by atoms with E-state index >= 15 is 0 Å². The molecule has 0 amide bonds. The summed E-state index contributed by atoms with van der Waals surface area (Å²) in [4.78, 5) is 11.0. The van der Waals surface area contributed by atoms with E-state index in [1.54, 1.807) is 17.0 Å². The Morgan fingerprint density at radius 1 is 1.17 bits per heavy atom. The number of hydrogen-bond acceptors (Lipinski definition) is 6. The lowest BCUT2D eigenvalue weighted by molar-refractivity contribution is -0.133. The molecular weight excluding hydrogens is 388 g/mol. The van der Waals surface area contributed by atoms with Crippen molar-refractivity contribution in [2.45, 2.75) is 43.2 Å². The van der Waals surface area contributed by atoms with Gasteiger partial charge in [-0.25, -0.2) is 0 Å². The van der Waals surface area contributed by atoms with Crippen molar-refractivity contribution >= 4 is 34.7 Å². The van der Waals surface area contributed by atoms with Crippen LogP contribution >= 0.6 is 11.8 Å². The predicted octanol–water partition coefficient (Wildman–Crippen LogP) is 4.24. The molecule has 1 heterocycles. The molecule has 4 rings (SSSR count). The van der Waals surface area contributed by atoms with Crippen LogP contribution in [0, 0.1) is 0 Å². The smallest absolute Gasteiger partial charge is 0.313 e. The molecule has 2 aromatic carbocycles. The third-order valence-corrected chi connectivity index (χ3v) is 6.09. The lowest BCUT2D eigenvalue weighted by Gasteiger charge is -2.20. The molecule has 1 fully saturated rings. The van der Waals surface area contributed by atoms with Crippen molar-refractivity contribution in [1.29, 1.82) is 0 Å². The first-order valence-electron chi connectivity index (χ1n) is 9.68. The number of rotatable bonds is 6. The second kappa shape index (κ2) is 8.65. The zero-order valence-corrected chi connectivity index (χ0v) is 16.7. The van der Waals surface area contributed by atoms with Crippen LogP contribution < -0.4 is 0 Å². The number of carboxylic acid groups (broad SMARTS) is 1. The summed E-state index contributed by atoms with van der Waals surface area (Å²) in [5, 5.41) is 34.9. The Labute approximate surface area is 172 Å². The molecule has 0 aliphatic heterocycles. The molecule has 1 saturated carbocycles. The zero-order chi connectivity index (χ0) is 20.2. The summed E-state index contributed by atoms with van der Waals surface area (Å²) in [5.74, 6) is 0.124. The van der Waals surface area contributed by atoms with E-state index < -0.39 is 5.97 Å². The molecule has 1 aliphatic rings. The molecule has 0 spiro atoms. The molecule has 1 aliphatic carbocycles. The largest absolute Gasteiger partial charge is 0.507 e. The minimum Gasteiger partial charge on any atom is -0.507 e. The molecule has 0 bridgehead atoms. The van der Waals surface area contributed by atoms with Crippen molar-refractivity contribution in [2.24, 2.45) is 5.10 Å². The molecule has 7 nitrogen and oxygen atoms in total. The van der Waals surface area contributed by atoms with Crippen LogP contribution in [0.5, 0.6) is 5.75 Å². The lowest BCUT2D eigenvalue weighted by atomic mass is 9.89. The van der Waals surface area contributed by atoms with Gasteiger partial charge in [-0.2, -0.15) is 9.78 Å². The minimum absolute atomic E-state index is 0.113. The summed E-state index contributed by atoms with van der Waals surface area (Å²) in [6.07, 6.45) is 7.16. The van der Waals surface area contributed by atoms with E-state index in [0.717, 1.165) is 54.0 Å². The van der Waals surface area contributed by atoms with Gasteiger partial charge >= 0.3 is 5.97 Å². The van der Waals surface area contributed by atoms with Crippen LogP contribution in [0.25, 0.3) is 10.8 Å². The second-order valence-electron chi connectivity index (χ2n) is 7.13. The van der Waals surface area contributed by atoms with Crippen molar-refractivity contribution in [3.63, 3.8) is 0 Å². The summed E-state index contributed by atoms with van der Waals surface area (Å²) in [6, 6.07) is 11.3. The van der Waals surface area contributed by atoms with Crippen molar-refractivity contribution < 1.29 is 15.0 Å². The van der Waals surface area contributed by atoms with E-state index in [0.29, 0.717) is 10.7 Å². The van der Waals surface area contributed by atoms with Crippen LogP contribution in [0.2, 0.25) is 0 Å². The molecule has 0 saturated heterocycles. The topological polar surface area (TPSA) is 101 Å². The number of hydrogen-bond donors (Lipinski definition) is 2. The number of carboxylic acids is 1. The number of benzene rings is 2. The number of thioether (sulfide) groups is 1. The maximum absolute atomic E-state index is 11.0. The summed E-state index contributed by atoms with van der Waals surface area (Å²) in [5.41, 5.74) is 0.612. The molecule has 29 heavy (non-hydrogen) atoms. The average molecular weight is 410 g/mol. The monoisotopic (exact) mass is 410 g/mol. The summed E-state index contributed by atoms with van der Waals surface area (Å²) in [6.45, 7) is 0. The van der Waals surface area contributed by atoms with Gasteiger partial charge in [-0.15, -0.1) is 10.2 Å². The predicted molar refractivity (Wildman–Crippen MR) is 113 cm³/mol. The van der Waals surface area contributed by atoms with E-state index in [4.69, 9.17) is 5.11 Å². The van der Waals surface area contributed by atoms with Gasteiger partial charge in [0.25, 0.3) is 0 Å². The standard InChI is InChI=1S/C21H22N4O3S/c26-18-11-10-14-6-4-5-9-16(14)17(18)12-22-25-20(15-7-2-1-3-8-15)23-24-21(25)29-13-19(27)28/h4-6,9-12,15,26H,1-3,7-8,13H2,(H,27,28)/b22-12+. The van der Waals surface area contributed by atoms with Crippen LogP contribution in [0.3, 0.4) is 0 Å². The molecule has 3 aromatic rings. The number of aromatic hydroxyl groups is 1. The number of aliphatic carboxylic acids is 1. The lowest BCUT2D eigenvalue weighted by Crippen LogP contribution is -2.11. The van der Waals surface area contributed by atoms with Gasteiger partial charge in [0, 0.05) is 11.5 Å². The molecule has 150 valence electrons. The minimum atomic E-state index is -0.917. The first kappa shape index (κ1) is 19.4. The van der Waals surface area contributed by atoms with Crippen molar-refractivity contribution in [3.05, 3.63) is 47.8 Å². The number of phenols is 1. The summed E-state index contributed by atoms with van der Waals surface area (Å²) < 4.78 is 1.64. The molecule has 0 radical (unpaired) electrons. The Morgan fingerprint density at radius 3 is 2.76 bits per heavy atom. The summed E-state index contributed by atoms with van der Waals surface area (Å²) >= 11 is 1.10. The molecule has 1 aromatic heterocycles. The number of fused-ring (bicyclic) bond motifs is 1. The summed E-state index contributed by atoms with van der Waals surface area (Å²) in [7, 11) is 0. The Hall–Kier alpha value is -2.87. The highest BCUT2D eigenvalue weighted by Crippen LogP contribution is 2.33. The highest BCUT2D eigenvalue weighted by molar-refractivity contribution is 7.99. The van der Waals surface area contributed by atoms with Crippen molar-refractivity contribution in [3.8, 4) is 5.75 Å². The molecular formula is C21H22N4O3S. The molecule has 0 unspecified atom stereocenters. The number of aromatic nitrogens is 3. The Bertz CT molecular complexity index is 1060. The van der Waals surface area contributed by atoms with Gasteiger partial charge in [-0.05, 0) is 29.7 Å². The highest BCUT2D eigenvalue weighted by Gasteiger charge is 2.24. The average Bonchev–Trinajstić information content (AvgIpc) is 3.15. The van der Waals surface area contributed by atoms with E-state index in [9.17, 15) is 9.90 Å². The number of carbonyl (C=O) groups is 1. The fourth-order valence-electron chi connectivity index (χ4n) is 3.75. The third kappa shape index (κ3) is 4.27. The van der Waals surface area contributed by atoms with Gasteiger partial charge in [0.2, 0.25) is 5.16 Å². The van der Waals surface area contributed by atoms with Gasteiger partial charge in [0.1, 0.15) is 5.75 Å². The van der Waals surface area contributed by atoms with Crippen molar-refractivity contribution in [1.82, 2.24) is 14.9 Å². The van der Waals surface area contributed by atoms with Crippen LogP contribution in [0.15, 0.2) is 46.7 Å². The van der Waals surface area contributed by atoms with E-state index in [2.05, 4.69) is 15.3 Å². The van der Waals surface area contributed by atoms with Gasteiger partial charge in [0.05, 0.1) is 12.0 Å². The Morgan fingerprint density at radius 2 is 1.97 bits per heavy atom. The maximum Gasteiger partial charge on any atom is 0.313 e. The fraction of sp³-hybridized carbons (Fsp3) is 0.333. The normalized spacial score (nSPS) is 15.3. The Balaban J connectivity index is 1.74. The van der Waals surface area contributed by atoms with Crippen LogP contribution in [0.1, 0.15) is 49.4 Å². The van der Waals surface area contributed by atoms with Crippen molar-refractivity contribution in [2.75, 3.05) is 5.75 Å². The maximum atomic E-state index is 11.0. The number of nitrogens with zero attached hydrogens (tertiary/aromatic N) is 4. The van der Waals surface area contributed by atoms with Gasteiger partial charge in [-0.1, -0.05) is 61.4 Å². The second-order valence-corrected chi connectivity index (χ2v) is 8.08. The zero-order valence-electron chi connectivity index (χ0n) is 15.9. The number of phenolic OH excluding ortho intramolecular Hbond substituents is 1. The van der Waals surface area contributed by atoms with E-state index in [1.165, 1.54) is 6.42 Å². The third-order valence-electron chi connectivity index (χ3n) is 5.18. The first-order chi connectivity index (χ1) is 14.1. The fourth-order valence-corrected chi connectivity index (χ4v) is 4.37. The molecule has 2 N–H and O–H groups in total. The van der Waals surface area contributed by atoms with Crippen LogP contribution in [-0.4, -0.2) is 43.0 Å². The van der Waals surface area contributed by atoms with Gasteiger partial charge < -0.3 is 10.2 Å². The van der Waals surface area contributed by atoms with E-state index in [-0.39, 0.29) is 17.4 Å². The van der Waals surface area contributed by atoms with Crippen LogP contribution in [-0.2, 0) is 4.79 Å². The van der Waals surface area contributed by atoms with Gasteiger partial charge in [-0.3, -0.25) is 4.79 Å².